The maximum Gasteiger partial charge on any atom is 0.338 e. The van der Waals surface area contributed by atoms with Crippen LogP contribution in [0.5, 0.6) is 23.0 Å². The van der Waals surface area contributed by atoms with Gasteiger partial charge in [0.25, 0.3) is 5.91 Å². The molecule has 0 radical (unpaired) electrons. The van der Waals surface area contributed by atoms with Crippen molar-refractivity contribution in [2.45, 2.75) is 85.2 Å². The highest BCUT2D eigenvalue weighted by Crippen LogP contribution is 2.33. The number of amides is 1. The Labute approximate surface area is 549 Å². The van der Waals surface area contributed by atoms with E-state index in [1.807, 2.05) is 156 Å². The van der Waals surface area contributed by atoms with E-state index >= 15 is 0 Å². The Bertz CT molecular complexity index is 4000. The zero-order valence-corrected chi connectivity index (χ0v) is 54.3. The van der Waals surface area contributed by atoms with Crippen LogP contribution in [0.4, 0.5) is 0 Å². The average Bonchev–Trinajstić information content (AvgIpc) is 1.06. The molecule has 94 heavy (non-hydrogen) atoms. The van der Waals surface area contributed by atoms with E-state index in [-0.39, 0.29) is 47.5 Å². The fraction of sp³-hybridized carbons (Fsp3) is 0.269. The highest BCUT2D eigenvalue weighted by Gasteiger charge is 2.23. The van der Waals surface area contributed by atoms with E-state index in [2.05, 4.69) is 46.2 Å². The lowest BCUT2D eigenvalue weighted by molar-refractivity contribution is 0.0591. The van der Waals surface area contributed by atoms with Gasteiger partial charge in [-0.2, -0.15) is 0 Å². The Hall–Kier alpha value is -10.1. The summed E-state index contributed by atoms with van der Waals surface area (Å²) in [6.07, 6.45) is 4.40. The van der Waals surface area contributed by atoms with Crippen molar-refractivity contribution in [1.82, 2.24) is 10.3 Å². The number of esters is 2. The summed E-state index contributed by atoms with van der Waals surface area (Å²) < 4.78 is 43.5. The van der Waals surface area contributed by atoms with Crippen LogP contribution in [0.2, 0.25) is 0 Å². The van der Waals surface area contributed by atoms with Gasteiger partial charge in [0.2, 0.25) is 0 Å². The monoisotopic (exact) mass is 1270 g/mol. The highest BCUT2D eigenvalue weighted by atomic mass is 16.6. The first-order chi connectivity index (χ1) is 45.3. The highest BCUT2D eigenvalue weighted by molar-refractivity contribution is 5.96. The van der Waals surface area contributed by atoms with E-state index in [1.165, 1.54) is 31.4 Å². The Morgan fingerprint density at radius 1 is 0.447 bits per heavy atom. The van der Waals surface area contributed by atoms with Gasteiger partial charge in [-0.3, -0.25) is 9.78 Å². The molecule has 3 saturated heterocycles. The van der Waals surface area contributed by atoms with Crippen LogP contribution in [0, 0.1) is 34.6 Å². The van der Waals surface area contributed by atoms with Crippen LogP contribution in [-0.2, 0) is 23.7 Å². The van der Waals surface area contributed by atoms with E-state index in [1.54, 1.807) is 36.5 Å². The van der Waals surface area contributed by atoms with Crippen molar-refractivity contribution >= 4 is 23.8 Å². The molecule has 8 aromatic carbocycles. The molecule has 3 aliphatic heterocycles. The molecule has 486 valence electrons. The van der Waals surface area contributed by atoms with Crippen LogP contribution < -0.4 is 19.5 Å². The number of pyridine rings is 1. The normalized spacial score (nSPS) is 15.7. The first-order valence-corrected chi connectivity index (χ1v) is 31.3. The second kappa shape index (κ2) is 32.9. The van der Waals surface area contributed by atoms with Crippen molar-refractivity contribution in [1.29, 1.82) is 0 Å². The van der Waals surface area contributed by atoms with Crippen molar-refractivity contribution in [3.05, 3.63) is 244 Å². The maximum atomic E-state index is 13.1. The van der Waals surface area contributed by atoms with Crippen molar-refractivity contribution in [2.75, 3.05) is 53.9 Å². The zero-order chi connectivity index (χ0) is 66.7. The molecule has 1 aromatic heterocycles. The number of carbonyl (C=O) groups is 4. The SMILES string of the molecule is COC(=O)c1cc(O)cc(-c2ccc(C)cc2)c1.COC(=O)c1cc(OC2CCOC2)cc(-c2ccc(C)cc2)c1.Cc1ccc(-c2cc(OC3CCOC3)cc(C(=O)N[C@H](C)c3ccc(C)nc3)c2)cc1.Cc1ccc(-c2cc(OC3CCOC3)cc(C(=O)O)c2)cc1. The predicted molar refractivity (Wildman–Crippen MR) is 362 cm³/mol. The summed E-state index contributed by atoms with van der Waals surface area (Å²) in [5.41, 5.74) is 15.8. The molecule has 9 aromatic rings. The molecule has 0 aliphatic carbocycles. The van der Waals surface area contributed by atoms with Gasteiger partial charge < -0.3 is 53.4 Å². The minimum absolute atomic E-state index is 0.00471. The molecule has 3 N–H and O–H groups in total. The molecule has 0 spiro atoms. The molecule has 0 bridgehead atoms. The summed E-state index contributed by atoms with van der Waals surface area (Å²) in [6.45, 7) is 15.9. The summed E-state index contributed by atoms with van der Waals surface area (Å²) in [6, 6.07) is 57.1. The third kappa shape index (κ3) is 19.7. The number of carboxylic acids is 1. The third-order valence-corrected chi connectivity index (χ3v) is 15.9. The number of ether oxygens (including phenoxy) is 8. The summed E-state index contributed by atoms with van der Waals surface area (Å²) in [5, 5.41) is 22.0. The number of carboxylic acid groups (broad SMARTS) is 1. The van der Waals surface area contributed by atoms with Crippen molar-refractivity contribution < 1.29 is 67.3 Å². The molecule has 12 rings (SSSR count). The number of hydrogen-bond donors (Lipinski definition) is 3. The lowest BCUT2D eigenvalue weighted by atomic mass is 10.0. The number of aryl methyl sites for hydroxylation is 5. The number of nitrogens with one attached hydrogen (secondary N) is 1. The molecule has 3 aliphatic rings. The first-order valence-electron chi connectivity index (χ1n) is 31.3. The summed E-state index contributed by atoms with van der Waals surface area (Å²) in [7, 11) is 2.70. The summed E-state index contributed by atoms with van der Waals surface area (Å²) in [4.78, 5) is 52.2. The van der Waals surface area contributed by atoms with Gasteiger partial charge in [-0.15, -0.1) is 0 Å². The molecule has 1 amide bonds. The fourth-order valence-corrected chi connectivity index (χ4v) is 10.5. The molecule has 3 fully saturated rings. The average molecular weight is 1270 g/mol. The number of phenolic OH excluding ortho intramolecular Hbond substituents is 1. The number of nitrogens with zero attached hydrogens (tertiary/aromatic N) is 1. The van der Waals surface area contributed by atoms with Gasteiger partial charge in [0.15, 0.2) is 0 Å². The number of benzene rings is 8. The van der Waals surface area contributed by atoms with Crippen LogP contribution >= 0.6 is 0 Å². The number of aromatic hydroxyl groups is 1. The quantitative estimate of drug-likeness (QED) is 0.0769. The smallest absolute Gasteiger partial charge is 0.338 e. The molecular weight excluding hydrogens is 1190 g/mol. The predicted octanol–water partition coefficient (Wildman–Crippen LogP) is 15.3. The number of hydrogen-bond acceptors (Lipinski definition) is 14. The number of rotatable bonds is 16. The maximum absolute atomic E-state index is 13.1. The van der Waals surface area contributed by atoms with E-state index in [4.69, 9.17) is 33.2 Å². The topological polar surface area (TPSA) is 207 Å². The van der Waals surface area contributed by atoms with Gasteiger partial charge in [0, 0.05) is 36.7 Å². The molecule has 16 nitrogen and oxygen atoms in total. The fourth-order valence-electron chi connectivity index (χ4n) is 10.5. The van der Waals surface area contributed by atoms with Crippen molar-refractivity contribution in [3.63, 3.8) is 0 Å². The van der Waals surface area contributed by atoms with E-state index < -0.39 is 11.9 Å². The van der Waals surface area contributed by atoms with Gasteiger partial charge in [0.1, 0.15) is 41.3 Å². The van der Waals surface area contributed by atoms with Crippen LogP contribution in [-0.4, -0.2) is 111 Å². The molecule has 4 heterocycles. The van der Waals surface area contributed by atoms with Crippen LogP contribution in [0.3, 0.4) is 0 Å². The Kier molecular flexibility index (Phi) is 23.9. The minimum atomic E-state index is -0.957. The molecule has 0 saturated carbocycles. The molecule has 3 unspecified atom stereocenters. The van der Waals surface area contributed by atoms with Crippen LogP contribution in [0.15, 0.2) is 188 Å². The Balaban J connectivity index is 0.000000150. The van der Waals surface area contributed by atoms with Crippen molar-refractivity contribution in [3.8, 4) is 67.5 Å². The first kappa shape index (κ1) is 68.2. The number of aromatic nitrogens is 1. The van der Waals surface area contributed by atoms with Crippen LogP contribution in [0.1, 0.15) is 107 Å². The minimum Gasteiger partial charge on any atom is -0.508 e. The summed E-state index contributed by atoms with van der Waals surface area (Å²) in [5.74, 6) is 0.0450. The standard InChI is InChI=1S/C26H28N2O3.C19H20O4.C18H18O4.C15H14O3/c1-17-4-7-20(8-5-17)22-12-23(14-25(13-22)31-24-10-11-30-16-24)26(29)28-19(3)21-9-6-18(2)27-15-21;1-13-3-5-14(6-4-13)15-9-16(19(20)21-2)11-18(10-15)23-17-7-8-22-12-17;1-12-2-4-13(5-3-12)14-8-15(18(19)20)10-17(9-14)22-16-6-7-21-11-16;1-10-3-5-11(6-4-10)12-7-13(15(17)18-2)9-14(16)8-12/h4-9,12-15,19,24H,10-11,16H2,1-3H3,(H,28,29);3-6,9-11,17H,7-8,12H2,1-2H3;2-5,8-10,16H,6-7,11H2,1H3,(H,19,20);3-9,16H,1-2H3/t19-,24?;;;/m1.../s1. The molecule has 4 atom stereocenters. The lowest BCUT2D eigenvalue weighted by Crippen LogP contribution is -2.27. The van der Waals surface area contributed by atoms with Gasteiger partial charge in [-0.25, -0.2) is 14.4 Å². The Morgan fingerprint density at radius 2 is 0.798 bits per heavy atom. The van der Waals surface area contributed by atoms with Gasteiger partial charge in [-0.05, 0) is 170 Å². The van der Waals surface area contributed by atoms with E-state index in [9.17, 15) is 29.4 Å². The van der Waals surface area contributed by atoms with E-state index in [0.717, 1.165) is 86.2 Å². The Morgan fingerprint density at radius 3 is 1.15 bits per heavy atom. The lowest BCUT2D eigenvalue weighted by Gasteiger charge is -2.17. The number of methoxy groups -OCH3 is 2. The zero-order valence-electron chi connectivity index (χ0n) is 54.3. The van der Waals surface area contributed by atoms with Crippen LogP contribution in [0.25, 0.3) is 44.5 Å². The largest absolute Gasteiger partial charge is 0.508 e. The summed E-state index contributed by atoms with van der Waals surface area (Å²) >= 11 is 0. The number of phenols is 1. The van der Waals surface area contributed by atoms with Crippen molar-refractivity contribution in [2.24, 2.45) is 0 Å². The van der Waals surface area contributed by atoms with E-state index in [0.29, 0.717) is 73.6 Å². The van der Waals surface area contributed by atoms with Gasteiger partial charge >= 0.3 is 17.9 Å². The second-order valence-electron chi connectivity index (χ2n) is 23.5. The number of aromatic carboxylic acids is 1. The number of carbonyl (C=O) groups excluding carboxylic acids is 3. The molecular formula is C78H80N2O14. The third-order valence-electron chi connectivity index (χ3n) is 15.9. The van der Waals surface area contributed by atoms with Gasteiger partial charge in [-0.1, -0.05) is 125 Å². The second-order valence-corrected chi connectivity index (χ2v) is 23.5. The van der Waals surface area contributed by atoms with Gasteiger partial charge in [0.05, 0.1) is 76.6 Å². The molecule has 16 heteroatoms.